The maximum absolute atomic E-state index is 12.7. The van der Waals surface area contributed by atoms with E-state index in [1.165, 1.54) is 0 Å². The molecule has 0 rings (SSSR count). The smallest absolute Gasteiger partial charge is 0.215 e. The Morgan fingerprint density at radius 2 is 0.941 bits per heavy atom. The van der Waals surface area contributed by atoms with E-state index in [9.17, 15) is 47.9 Å². The lowest BCUT2D eigenvalue weighted by molar-refractivity contribution is -0.379. The van der Waals surface area contributed by atoms with E-state index in [1.807, 2.05) is 0 Å². The van der Waals surface area contributed by atoms with E-state index in [2.05, 4.69) is 0 Å². The second kappa shape index (κ2) is 4.03. The molecule has 2 nitrogen and oxygen atoms in total. The fourth-order valence-corrected chi connectivity index (χ4v) is 2.14. The van der Waals surface area contributed by atoms with Crippen LogP contribution in [0.25, 0.3) is 0 Å². The van der Waals surface area contributed by atoms with Gasteiger partial charge >= 0.3 is 23.3 Å². The van der Waals surface area contributed by atoms with E-state index >= 15 is 0 Å². The van der Waals surface area contributed by atoms with Crippen LogP contribution in [0, 0.1) is 0 Å². The number of alkyl halides is 9. The number of hydrogen-bond acceptors (Lipinski definition) is 2. The van der Waals surface area contributed by atoms with E-state index in [0.29, 0.717) is 0 Å². The Balaban J connectivity index is 6.23. The second-order valence-electron chi connectivity index (χ2n) is 2.61. The molecule has 0 aromatic carbocycles. The van der Waals surface area contributed by atoms with Crippen molar-refractivity contribution in [2.75, 3.05) is 0 Å². The van der Waals surface area contributed by atoms with Crippen molar-refractivity contribution in [1.29, 1.82) is 0 Å². The molecule has 13 heteroatoms. The van der Waals surface area contributed by atoms with Gasteiger partial charge in [0.25, 0.3) is 7.01 Å². The van der Waals surface area contributed by atoms with E-state index in [-0.39, 0.29) is 0 Å². The van der Waals surface area contributed by atoms with Gasteiger partial charge in [-0.15, -0.1) is 0 Å². The van der Waals surface area contributed by atoms with Gasteiger partial charge in [-0.05, 0) is 0 Å². The fourth-order valence-electron chi connectivity index (χ4n) is 0.659. The summed E-state index contributed by atoms with van der Waals surface area (Å²) in [5.41, 5.74) is -7.17. The first-order valence-corrected chi connectivity index (χ1v) is 7.17. The third-order valence-corrected chi connectivity index (χ3v) is 4.04. The molecule has 0 aliphatic carbocycles. The zero-order valence-electron chi connectivity index (χ0n) is 7.00. The summed E-state index contributed by atoms with van der Waals surface area (Å²) in [6, 6.07) is 0. The molecule has 0 saturated heterocycles. The molecule has 0 aliphatic rings. The van der Waals surface area contributed by atoms with Crippen molar-refractivity contribution in [3.63, 3.8) is 0 Å². The zero-order chi connectivity index (χ0) is 14.5. The molecule has 0 bridgehead atoms. The topological polar surface area (TPSA) is 34.1 Å². The molecule has 0 radical (unpaired) electrons. The van der Waals surface area contributed by atoms with Gasteiger partial charge in [0, 0.05) is 0 Å². The van der Waals surface area contributed by atoms with E-state index in [4.69, 9.17) is 0 Å². The first-order valence-electron chi connectivity index (χ1n) is 3.14. The van der Waals surface area contributed by atoms with Crippen molar-refractivity contribution in [2.24, 2.45) is 0 Å². The summed E-state index contributed by atoms with van der Waals surface area (Å²) in [6.45, 7) is 0. The largest absolute Gasteiger partial charge is 0.439 e. The summed E-state index contributed by atoms with van der Waals surface area (Å²) in [5.74, 6) is 0. The Labute approximate surface area is 99.7 Å². The number of halogens is 10. The van der Waals surface area contributed by atoms with Crippen molar-refractivity contribution < 1.29 is 47.9 Å². The van der Waals surface area contributed by atoms with Crippen LogP contribution >= 0.6 is 21.2 Å². The van der Waals surface area contributed by atoms with Gasteiger partial charge in [0.15, 0.2) is 0 Å². The lowest BCUT2D eigenvalue weighted by Crippen LogP contribution is -2.66. The molecule has 0 aromatic rings. The maximum atomic E-state index is 12.7. The molecule has 0 N–H and O–H groups in total. The zero-order valence-corrected chi connectivity index (χ0v) is 9.98. The standard InChI is InChI=1S/C4F9IO2S/c5-1(2(6,7)8,3(9,10)11)4(12,13)17(14,15)16. The van der Waals surface area contributed by atoms with Gasteiger partial charge in [-0.3, -0.25) is 0 Å². The predicted molar refractivity (Wildman–Crippen MR) is 43.8 cm³/mol. The molecule has 0 amide bonds. The summed E-state index contributed by atoms with van der Waals surface area (Å²) < 4.78 is 129. The first kappa shape index (κ1) is 17.1. The van der Waals surface area contributed by atoms with Gasteiger partial charge in [0.2, 0.25) is 0 Å². The SMILES string of the molecule is O=S(=O)(I)C(F)(F)C(F)(C(F)(F)F)C(F)(F)F. The van der Waals surface area contributed by atoms with E-state index in [1.54, 1.807) is 0 Å². The Bertz CT molecular complexity index is 378. The summed E-state index contributed by atoms with van der Waals surface area (Å²) in [7, 11) is -6.30. The van der Waals surface area contributed by atoms with Crippen LogP contribution in [0.3, 0.4) is 0 Å². The monoisotopic (exact) mass is 410 g/mol. The molecular formula is C4F9IO2S. The van der Waals surface area contributed by atoms with Crippen LogP contribution < -0.4 is 0 Å². The Kier molecular flexibility index (Phi) is 4.04. The van der Waals surface area contributed by atoms with Crippen LogP contribution in [0.15, 0.2) is 0 Å². The molecule has 0 aromatic heterocycles. The number of rotatable bonds is 2. The van der Waals surface area contributed by atoms with E-state index < -0.39 is 51.5 Å². The highest BCUT2D eigenvalue weighted by molar-refractivity contribution is 14.2. The molecular weight excluding hydrogens is 410 g/mol. The molecule has 0 unspecified atom stereocenters. The molecule has 17 heavy (non-hydrogen) atoms. The molecule has 0 aliphatic heterocycles. The molecule has 0 saturated carbocycles. The minimum atomic E-state index is -7.17. The Morgan fingerprint density at radius 3 is 1.00 bits per heavy atom. The molecule has 0 fully saturated rings. The highest BCUT2D eigenvalue weighted by Crippen LogP contribution is 2.57. The maximum Gasteiger partial charge on any atom is 0.439 e. The van der Waals surface area contributed by atoms with Crippen LogP contribution in [-0.4, -0.2) is 31.7 Å². The Morgan fingerprint density at radius 1 is 0.706 bits per heavy atom. The quantitative estimate of drug-likeness (QED) is 0.399. The van der Waals surface area contributed by atoms with Gasteiger partial charge in [-0.1, -0.05) is 0 Å². The average Bonchev–Trinajstić information content (AvgIpc) is 1.95. The van der Waals surface area contributed by atoms with Crippen molar-refractivity contribution in [2.45, 2.75) is 23.3 Å². The summed E-state index contributed by atoms with van der Waals surface area (Å²) in [5, 5.41) is -6.70. The van der Waals surface area contributed by atoms with Crippen LogP contribution in [0.2, 0.25) is 0 Å². The molecule has 104 valence electrons. The first-order chi connectivity index (χ1) is 7.00. The van der Waals surface area contributed by atoms with Gasteiger partial charge < -0.3 is 0 Å². The van der Waals surface area contributed by atoms with Crippen LogP contribution in [0.1, 0.15) is 0 Å². The second-order valence-corrected chi connectivity index (χ2v) is 7.48. The van der Waals surface area contributed by atoms with Crippen LogP contribution in [0.5, 0.6) is 0 Å². The van der Waals surface area contributed by atoms with Crippen LogP contribution in [0.4, 0.5) is 39.5 Å². The highest BCUT2D eigenvalue weighted by atomic mass is 127. The highest BCUT2D eigenvalue weighted by Gasteiger charge is 2.88. The number of hydrogen-bond donors (Lipinski definition) is 0. The minimum absolute atomic E-state index is 0.393. The molecule has 0 atom stereocenters. The lowest BCUT2D eigenvalue weighted by Gasteiger charge is -2.34. The van der Waals surface area contributed by atoms with Crippen molar-refractivity contribution >= 4 is 28.2 Å². The van der Waals surface area contributed by atoms with Gasteiger partial charge in [0.1, 0.15) is 0 Å². The third-order valence-electron chi connectivity index (χ3n) is 1.49. The third kappa shape index (κ3) is 2.44. The predicted octanol–water partition coefficient (Wildman–Crippen LogP) is 3.18. The molecule has 0 heterocycles. The Hall–Kier alpha value is 0.0500. The van der Waals surface area contributed by atoms with Gasteiger partial charge in [0.05, 0.1) is 21.2 Å². The fraction of sp³-hybridized carbons (Fsp3) is 1.00. The summed E-state index contributed by atoms with van der Waals surface area (Å²) >= 11 is -0.393. The van der Waals surface area contributed by atoms with E-state index in [0.717, 1.165) is 0 Å². The van der Waals surface area contributed by atoms with Crippen LogP contribution in [-0.2, 0) is 7.01 Å². The normalized spacial score (nSPS) is 16.1. The van der Waals surface area contributed by atoms with Crippen molar-refractivity contribution in [3.8, 4) is 0 Å². The van der Waals surface area contributed by atoms with Crippen molar-refractivity contribution in [1.82, 2.24) is 0 Å². The molecule has 0 spiro atoms. The summed E-state index contributed by atoms with van der Waals surface area (Å²) in [6.07, 6.45) is -14.3. The minimum Gasteiger partial charge on any atom is -0.215 e. The van der Waals surface area contributed by atoms with Gasteiger partial charge in [-0.2, -0.15) is 35.1 Å². The average molecular weight is 410 g/mol. The van der Waals surface area contributed by atoms with Gasteiger partial charge in [-0.25, -0.2) is 12.8 Å². The van der Waals surface area contributed by atoms with Crippen molar-refractivity contribution in [3.05, 3.63) is 0 Å². The summed E-state index contributed by atoms with van der Waals surface area (Å²) in [4.78, 5) is 0. The lowest BCUT2D eigenvalue weighted by atomic mass is 10.1.